The molecule has 1 aromatic heterocycles. The smallest absolute Gasteiger partial charge is 0.0483 e. The van der Waals surface area contributed by atoms with Crippen molar-refractivity contribution in [3.05, 3.63) is 36.0 Å². The second kappa shape index (κ2) is 7.46. The average Bonchev–Trinajstić information content (AvgIpc) is 2.78. The molecule has 3 heteroatoms. The number of hydrogen-bond donors (Lipinski definition) is 1. The van der Waals surface area contributed by atoms with Crippen LogP contribution in [0.2, 0.25) is 0 Å². The van der Waals surface area contributed by atoms with Crippen molar-refractivity contribution >= 4 is 10.9 Å². The highest BCUT2D eigenvalue weighted by Crippen LogP contribution is 2.22. The zero-order valence-corrected chi connectivity index (χ0v) is 12.9. The molecule has 0 atom stereocenters. The number of methoxy groups -OCH3 is 1. The van der Waals surface area contributed by atoms with E-state index in [9.17, 15) is 0 Å². The summed E-state index contributed by atoms with van der Waals surface area (Å²) in [7, 11) is 1.76. The Hall–Kier alpha value is -1.32. The quantitative estimate of drug-likeness (QED) is 0.748. The number of hydrogen-bond acceptors (Lipinski definition) is 2. The number of fused-ring (bicyclic) bond motifs is 1. The molecule has 1 heterocycles. The molecule has 0 bridgehead atoms. The highest BCUT2D eigenvalue weighted by atomic mass is 16.5. The first-order valence-corrected chi connectivity index (χ1v) is 7.51. The first kappa shape index (κ1) is 15.1. The summed E-state index contributed by atoms with van der Waals surface area (Å²) in [5.41, 5.74) is 2.77. The molecule has 0 spiro atoms. The van der Waals surface area contributed by atoms with Crippen LogP contribution in [0.5, 0.6) is 0 Å². The number of benzene rings is 1. The minimum Gasteiger partial charge on any atom is -0.385 e. The molecule has 0 saturated heterocycles. The molecular weight excluding hydrogens is 248 g/mol. The minimum atomic E-state index is 0.546. The Bertz CT molecular complexity index is 531. The van der Waals surface area contributed by atoms with E-state index >= 15 is 0 Å². The van der Waals surface area contributed by atoms with E-state index in [0.29, 0.717) is 6.04 Å². The van der Waals surface area contributed by atoms with Crippen LogP contribution in [0.15, 0.2) is 30.5 Å². The van der Waals surface area contributed by atoms with Crippen molar-refractivity contribution in [1.82, 2.24) is 9.88 Å². The molecule has 1 N–H and O–H groups in total. The molecule has 0 fully saturated rings. The Morgan fingerprint density at radius 1 is 1.25 bits per heavy atom. The molecule has 3 nitrogen and oxygen atoms in total. The SMILES string of the molecule is COCCCn1cc(CCNC(C)C)c2ccccc21. The molecule has 0 saturated carbocycles. The minimum absolute atomic E-state index is 0.546. The largest absolute Gasteiger partial charge is 0.385 e. The van der Waals surface area contributed by atoms with E-state index in [0.717, 1.165) is 32.5 Å². The molecule has 0 amide bonds. The second-order valence-corrected chi connectivity index (χ2v) is 5.57. The van der Waals surface area contributed by atoms with Crippen molar-refractivity contribution in [3.8, 4) is 0 Å². The van der Waals surface area contributed by atoms with Gasteiger partial charge in [-0.15, -0.1) is 0 Å². The summed E-state index contributed by atoms with van der Waals surface area (Å²) in [4.78, 5) is 0. The van der Waals surface area contributed by atoms with E-state index < -0.39 is 0 Å². The fourth-order valence-corrected chi connectivity index (χ4v) is 2.58. The van der Waals surface area contributed by atoms with E-state index in [1.807, 2.05) is 0 Å². The summed E-state index contributed by atoms with van der Waals surface area (Å²) < 4.78 is 7.51. The average molecular weight is 274 g/mol. The zero-order chi connectivity index (χ0) is 14.4. The van der Waals surface area contributed by atoms with Gasteiger partial charge < -0.3 is 14.6 Å². The summed E-state index contributed by atoms with van der Waals surface area (Å²) >= 11 is 0. The van der Waals surface area contributed by atoms with Crippen LogP contribution < -0.4 is 5.32 Å². The maximum Gasteiger partial charge on any atom is 0.0483 e. The number of aromatic nitrogens is 1. The molecule has 0 radical (unpaired) electrons. The maximum atomic E-state index is 5.15. The zero-order valence-electron chi connectivity index (χ0n) is 12.9. The van der Waals surface area contributed by atoms with Gasteiger partial charge in [-0.3, -0.25) is 0 Å². The Balaban J connectivity index is 2.13. The summed E-state index contributed by atoms with van der Waals surface area (Å²) in [6.45, 7) is 7.24. The molecule has 110 valence electrons. The van der Waals surface area contributed by atoms with Gasteiger partial charge in [0.25, 0.3) is 0 Å². The van der Waals surface area contributed by atoms with Crippen molar-refractivity contribution in [3.63, 3.8) is 0 Å². The van der Waals surface area contributed by atoms with Gasteiger partial charge in [0.2, 0.25) is 0 Å². The van der Waals surface area contributed by atoms with Gasteiger partial charge in [-0.05, 0) is 31.0 Å². The van der Waals surface area contributed by atoms with Crippen molar-refractivity contribution in [2.24, 2.45) is 0 Å². The molecular formula is C17H26N2O. The Morgan fingerprint density at radius 3 is 2.80 bits per heavy atom. The number of nitrogens with one attached hydrogen (secondary N) is 1. The molecule has 2 rings (SSSR count). The molecule has 0 aliphatic heterocycles. The lowest BCUT2D eigenvalue weighted by Gasteiger charge is -2.06. The van der Waals surface area contributed by atoms with Crippen molar-refractivity contribution in [1.29, 1.82) is 0 Å². The number of para-hydroxylation sites is 1. The van der Waals surface area contributed by atoms with Crippen LogP contribution in [-0.2, 0) is 17.7 Å². The van der Waals surface area contributed by atoms with Gasteiger partial charge in [0, 0.05) is 43.4 Å². The second-order valence-electron chi connectivity index (χ2n) is 5.57. The molecule has 1 aromatic carbocycles. The standard InChI is InChI=1S/C17H26N2O/c1-14(2)18-10-9-15-13-19(11-6-12-20-3)17-8-5-4-7-16(15)17/h4-5,7-8,13-14,18H,6,9-12H2,1-3H3. The van der Waals surface area contributed by atoms with Crippen LogP contribution in [0.25, 0.3) is 10.9 Å². The molecule has 0 unspecified atom stereocenters. The summed E-state index contributed by atoms with van der Waals surface area (Å²) in [6, 6.07) is 9.23. The van der Waals surface area contributed by atoms with Crippen molar-refractivity contribution < 1.29 is 4.74 Å². The van der Waals surface area contributed by atoms with Crippen LogP contribution in [0.1, 0.15) is 25.8 Å². The summed E-state index contributed by atoms with van der Waals surface area (Å²) in [5, 5.41) is 4.88. The van der Waals surface area contributed by atoms with Crippen LogP contribution in [0.4, 0.5) is 0 Å². The lowest BCUT2D eigenvalue weighted by atomic mass is 10.1. The first-order valence-electron chi connectivity index (χ1n) is 7.51. The Kier molecular flexibility index (Phi) is 5.62. The van der Waals surface area contributed by atoms with Crippen molar-refractivity contribution in [2.75, 3.05) is 20.3 Å². The van der Waals surface area contributed by atoms with E-state index in [2.05, 4.69) is 54.2 Å². The fraction of sp³-hybridized carbons (Fsp3) is 0.529. The fourth-order valence-electron chi connectivity index (χ4n) is 2.58. The number of aryl methyl sites for hydroxylation is 1. The van der Waals surface area contributed by atoms with E-state index in [-0.39, 0.29) is 0 Å². The van der Waals surface area contributed by atoms with Crippen molar-refractivity contribution in [2.45, 2.75) is 39.3 Å². The van der Waals surface area contributed by atoms with Gasteiger partial charge in [-0.25, -0.2) is 0 Å². The Labute approximate surface area is 121 Å². The van der Waals surface area contributed by atoms with Gasteiger partial charge in [0.15, 0.2) is 0 Å². The third kappa shape index (κ3) is 3.84. The van der Waals surface area contributed by atoms with Gasteiger partial charge in [-0.1, -0.05) is 32.0 Å². The van der Waals surface area contributed by atoms with Crippen LogP contribution in [0, 0.1) is 0 Å². The lowest BCUT2D eigenvalue weighted by Crippen LogP contribution is -2.24. The van der Waals surface area contributed by atoms with Gasteiger partial charge in [0.05, 0.1) is 0 Å². The van der Waals surface area contributed by atoms with Gasteiger partial charge >= 0.3 is 0 Å². The van der Waals surface area contributed by atoms with E-state index in [1.54, 1.807) is 7.11 Å². The van der Waals surface area contributed by atoms with Crippen LogP contribution in [-0.4, -0.2) is 30.9 Å². The van der Waals surface area contributed by atoms with E-state index in [4.69, 9.17) is 4.74 Å². The number of rotatable bonds is 8. The van der Waals surface area contributed by atoms with Crippen LogP contribution >= 0.6 is 0 Å². The molecule has 0 aliphatic rings. The third-order valence-corrected chi connectivity index (χ3v) is 3.57. The predicted octanol–water partition coefficient (Wildman–Crippen LogP) is 3.22. The third-order valence-electron chi connectivity index (χ3n) is 3.57. The number of ether oxygens (including phenoxy) is 1. The predicted molar refractivity (Wildman–Crippen MR) is 85.3 cm³/mol. The highest BCUT2D eigenvalue weighted by molar-refractivity contribution is 5.84. The maximum absolute atomic E-state index is 5.15. The van der Waals surface area contributed by atoms with Gasteiger partial charge in [0.1, 0.15) is 0 Å². The summed E-state index contributed by atoms with van der Waals surface area (Å²) in [5.74, 6) is 0. The first-order chi connectivity index (χ1) is 9.72. The van der Waals surface area contributed by atoms with E-state index in [1.165, 1.54) is 16.5 Å². The highest BCUT2D eigenvalue weighted by Gasteiger charge is 2.07. The topological polar surface area (TPSA) is 26.2 Å². The summed E-state index contributed by atoms with van der Waals surface area (Å²) in [6.07, 6.45) is 4.44. The van der Waals surface area contributed by atoms with Crippen LogP contribution in [0.3, 0.4) is 0 Å². The van der Waals surface area contributed by atoms with Gasteiger partial charge in [-0.2, -0.15) is 0 Å². The number of nitrogens with zero attached hydrogens (tertiary/aromatic N) is 1. The normalized spacial score (nSPS) is 11.6. The molecule has 2 aromatic rings. The molecule has 0 aliphatic carbocycles. The lowest BCUT2D eigenvalue weighted by molar-refractivity contribution is 0.190. The Morgan fingerprint density at radius 2 is 2.05 bits per heavy atom. The molecule has 20 heavy (non-hydrogen) atoms. The monoisotopic (exact) mass is 274 g/mol.